The van der Waals surface area contributed by atoms with Crippen LogP contribution in [0.25, 0.3) is 0 Å². The Morgan fingerprint density at radius 1 is 1.35 bits per heavy atom. The number of aromatic carboxylic acids is 1. The number of hydrogen-bond donors (Lipinski definition) is 2. The van der Waals surface area contributed by atoms with Crippen molar-refractivity contribution in [3.63, 3.8) is 0 Å². The number of carbonyl (C=O) groups is 2. The van der Waals surface area contributed by atoms with Gasteiger partial charge in [0.05, 0.1) is 17.1 Å². The van der Waals surface area contributed by atoms with Crippen LogP contribution < -0.4 is 10.1 Å². The van der Waals surface area contributed by atoms with Gasteiger partial charge in [-0.15, -0.1) is 11.3 Å². The summed E-state index contributed by atoms with van der Waals surface area (Å²) in [5, 5.41) is 13.5. The van der Waals surface area contributed by atoms with Crippen molar-refractivity contribution in [3.05, 3.63) is 45.2 Å². The fraction of sp³-hybridized carbons (Fsp3) is 0.0769. The number of amides is 1. The van der Waals surface area contributed by atoms with E-state index in [2.05, 4.69) is 21.2 Å². The highest BCUT2D eigenvalue weighted by Crippen LogP contribution is 2.27. The number of carboxylic acids is 1. The van der Waals surface area contributed by atoms with Crippen LogP contribution in [0.4, 0.5) is 5.00 Å². The Labute approximate surface area is 127 Å². The summed E-state index contributed by atoms with van der Waals surface area (Å²) in [4.78, 5) is 23.0. The van der Waals surface area contributed by atoms with Crippen LogP contribution in [0.1, 0.15) is 20.7 Å². The first kappa shape index (κ1) is 14.5. The largest absolute Gasteiger partial charge is 0.496 e. The van der Waals surface area contributed by atoms with Crippen LogP contribution in [-0.4, -0.2) is 24.1 Å². The summed E-state index contributed by atoms with van der Waals surface area (Å²) in [6.45, 7) is 0. The Balaban J connectivity index is 2.22. The third kappa shape index (κ3) is 3.00. The Kier molecular flexibility index (Phi) is 4.41. The molecule has 2 aromatic rings. The Morgan fingerprint density at radius 2 is 2.10 bits per heavy atom. The molecule has 1 aromatic carbocycles. The molecule has 1 aromatic heterocycles. The van der Waals surface area contributed by atoms with Gasteiger partial charge in [0.25, 0.3) is 5.91 Å². The highest BCUT2D eigenvalue weighted by Gasteiger charge is 2.15. The topological polar surface area (TPSA) is 75.6 Å². The number of halogens is 1. The van der Waals surface area contributed by atoms with Crippen LogP contribution in [0.2, 0.25) is 0 Å². The number of nitrogens with one attached hydrogen (secondary N) is 1. The van der Waals surface area contributed by atoms with Crippen molar-refractivity contribution in [1.29, 1.82) is 0 Å². The number of benzene rings is 1. The lowest BCUT2D eigenvalue weighted by atomic mass is 10.2. The lowest BCUT2D eigenvalue weighted by Crippen LogP contribution is -2.13. The molecule has 2 N–H and O–H groups in total. The molecule has 104 valence electrons. The van der Waals surface area contributed by atoms with Crippen LogP contribution in [0.15, 0.2) is 34.1 Å². The van der Waals surface area contributed by atoms with E-state index < -0.39 is 5.97 Å². The standard InChI is InChI=1S/C13H10BrNO4S/c1-19-10-3-2-7(6-9(10)14)11(16)15-12-8(13(17)18)4-5-20-12/h2-6H,1H3,(H,15,16)(H,17,18). The molecule has 0 aliphatic rings. The summed E-state index contributed by atoms with van der Waals surface area (Å²) in [6.07, 6.45) is 0. The Bertz CT molecular complexity index is 668. The first-order chi connectivity index (χ1) is 9.52. The lowest BCUT2D eigenvalue weighted by molar-refractivity contribution is 0.0698. The van der Waals surface area contributed by atoms with E-state index in [0.29, 0.717) is 20.8 Å². The van der Waals surface area contributed by atoms with Gasteiger partial charge in [0.15, 0.2) is 0 Å². The van der Waals surface area contributed by atoms with E-state index in [-0.39, 0.29) is 11.5 Å². The highest BCUT2D eigenvalue weighted by molar-refractivity contribution is 9.10. The molecule has 0 saturated heterocycles. The normalized spacial score (nSPS) is 10.1. The van der Waals surface area contributed by atoms with E-state index in [4.69, 9.17) is 9.84 Å². The van der Waals surface area contributed by atoms with Crippen molar-refractivity contribution >= 4 is 44.1 Å². The molecule has 0 radical (unpaired) electrons. The van der Waals surface area contributed by atoms with E-state index in [9.17, 15) is 9.59 Å². The Morgan fingerprint density at radius 3 is 2.70 bits per heavy atom. The third-order valence-corrected chi connectivity index (χ3v) is 3.99. The van der Waals surface area contributed by atoms with E-state index in [1.807, 2.05) is 0 Å². The number of thiophene rings is 1. The van der Waals surface area contributed by atoms with Crippen molar-refractivity contribution in [2.45, 2.75) is 0 Å². The van der Waals surface area contributed by atoms with Crippen molar-refractivity contribution in [2.75, 3.05) is 12.4 Å². The smallest absolute Gasteiger partial charge is 0.338 e. The summed E-state index contributed by atoms with van der Waals surface area (Å²) in [5.74, 6) is -0.834. The molecule has 0 fully saturated rings. The molecule has 7 heteroatoms. The molecule has 0 atom stereocenters. The predicted octanol–water partition coefficient (Wildman–Crippen LogP) is 3.47. The van der Waals surface area contributed by atoms with Crippen molar-refractivity contribution in [3.8, 4) is 5.75 Å². The lowest BCUT2D eigenvalue weighted by Gasteiger charge is -2.07. The Hall–Kier alpha value is -1.86. The first-order valence-corrected chi connectivity index (χ1v) is 7.16. The number of methoxy groups -OCH3 is 1. The molecular formula is C13H10BrNO4S. The summed E-state index contributed by atoms with van der Waals surface area (Å²) in [5.41, 5.74) is 0.485. The van der Waals surface area contributed by atoms with Crippen LogP contribution >= 0.6 is 27.3 Å². The van der Waals surface area contributed by atoms with Gasteiger partial charge in [-0.3, -0.25) is 4.79 Å². The van der Waals surface area contributed by atoms with Gasteiger partial charge in [0.2, 0.25) is 0 Å². The van der Waals surface area contributed by atoms with Crippen molar-refractivity contribution in [1.82, 2.24) is 0 Å². The van der Waals surface area contributed by atoms with Crippen molar-refractivity contribution < 1.29 is 19.4 Å². The number of rotatable bonds is 4. The summed E-state index contributed by atoms with van der Waals surface area (Å²) < 4.78 is 5.73. The minimum Gasteiger partial charge on any atom is -0.496 e. The number of anilines is 1. The number of carbonyl (C=O) groups excluding carboxylic acids is 1. The van der Waals surface area contributed by atoms with E-state index in [0.717, 1.165) is 11.3 Å². The molecule has 1 heterocycles. The van der Waals surface area contributed by atoms with Gasteiger partial charge in [0, 0.05) is 5.56 Å². The van der Waals surface area contributed by atoms with Crippen LogP contribution in [-0.2, 0) is 0 Å². The van der Waals surface area contributed by atoms with Gasteiger partial charge in [-0.25, -0.2) is 4.79 Å². The molecule has 5 nitrogen and oxygen atoms in total. The maximum atomic E-state index is 12.1. The molecule has 0 aliphatic carbocycles. The van der Waals surface area contributed by atoms with E-state index >= 15 is 0 Å². The van der Waals surface area contributed by atoms with Crippen molar-refractivity contribution in [2.24, 2.45) is 0 Å². The van der Waals surface area contributed by atoms with Gasteiger partial charge in [-0.05, 0) is 45.6 Å². The molecular weight excluding hydrogens is 346 g/mol. The molecule has 0 unspecified atom stereocenters. The first-order valence-electron chi connectivity index (χ1n) is 5.48. The highest BCUT2D eigenvalue weighted by atomic mass is 79.9. The van der Waals surface area contributed by atoms with Crippen LogP contribution in [0, 0.1) is 0 Å². The van der Waals surface area contributed by atoms with E-state index in [1.54, 1.807) is 23.6 Å². The second-order valence-corrected chi connectivity index (χ2v) is 5.54. The fourth-order valence-electron chi connectivity index (χ4n) is 1.56. The molecule has 0 spiro atoms. The molecule has 1 amide bonds. The fourth-order valence-corrected chi connectivity index (χ4v) is 2.87. The second kappa shape index (κ2) is 6.06. The van der Waals surface area contributed by atoms with Gasteiger partial charge < -0.3 is 15.2 Å². The quantitative estimate of drug-likeness (QED) is 0.880. The van der Waals surface area contributed by atoms with E-state index in [1.165, 1.54) is 13.2 Å². The monoisotopic (exact) mass is 355 g/mol. The molecule has 0 bridgehead atoms. The summed E-state index contributed by atoms with van der Waals surface area (Å²) >= 11 is 4.46. The molecule has 20 heavy (non-hydrogen) atoms. The minimum atomic E-state index is -1.07. The zero-order valence-electron chi connectivity index (χ0n) is 10.3. The number of ether oxygens (including phenoxy) is 1. The van der Waals surface area contributed by atoms with Gasteiger partial charge in [-0.1, -0.05) is 0 Å². The maximum absolute atomic E-state index is 12.1. The van der Waals surface area contributed by atoms with Gasteiger partial charge in [-0.2, -0.15) is 0 Å². The maximum Gasteiger partial charge on any atom is 0.338 e. The zero-order valence-corrected chi connectivity index (χ0v) is 12.7. The van der Waals surface area contributed by atoms with Gasteiger partial charge >= 0.3 is 5.97 Å². The molecule has 2 rings (SSSR count). The van der Waals surface area contributed by atoms with Crippen LogP contribution in [0.5, 0.6) is 5.75 Å². The zero-order chi connectivity index (χ0) is 14.7. The number of hydrogen-bond acceptors (Lipinski definition) is 4. The SMILES string of the molecule is COc1ccc(C(=O)Nc2sccc2C(=O)O)cc1Br. The molecule has 0 aliphatic heterocycles. The van der Waals surface area contributed by atoms with Crippen LogP contribution in [0.3, 0.4) is 0 Å². The predicted molar refractivity (Wildman–Crippen MR) is 79.9 cm³/mol. The molecule has 0 saturated carbocycles. The average Bonchev–Trinajstić information content (AvgIpc) is 2.86. The minimum absolute atomic E-state index is 0.0796. The average molecular weight is 356 g/mol. The summed E-state index contributed by atoms with van der Waals surface area (Å²) in [7, 11) is 1.53. The third-order valence-electron chi connectivity index (χ3n) is 2.54. The second-order valence-electron chi connectivity index (χ2n) is 3.77. The number of carboxylic acid groups (broad SMARTS) is 1. The summed E-state index contributed by atoms with van der Waals surface area (Å²) in [6, 6.07) is 6.33. The van der Waals surface area contributed by atoms with Gasteiger partial charge in [0.1, 0.15) is 10.8 Å².